The minimum Gasteiger partial charge on any atom is -0.486 e. The van der Waals surface area contributed by atoms with Crippen LogP contribution in [0.1, 0.15) is 28.3 Å². The maximum atomic E-state index is 5.75. The molecule has 0 amide bonds. The smallest absolute Gasteiger partial charge is 0.140 e. The molecule has 0 radical (unpaired) electrons. The highest BCUT2D eigenvalue weighted by molar-refractivity contribution is 7.11. The molecule has 2 aromatic rings. The lowest BCUT2D eigenvalue weighted by Gasteiger charge is -2.04. The Labute approximate surface area is 117 Å². The third-order valence-electron chi connectivity index (χ3n) is 3.10. The van der Waals surface area contributed by atoms with Crippen molar-refractivity contribution in [3.63, 3.8) is 0 Å². The minimum absolute atomic E-state index is 0.553. The lowest BCUT2D eigenvalue weighted by Crippen LogP contribution is -2.14. The van der Waals surface area contributed by atoms with Crippen LogP contribution >= 0.6 is 11.3 Å². The molecule has 100 valence electrons. The van der Waals surface area contributed by atoms with Crippen LogP contribution < -0.4 is 10.1 Å². The molecule has 1 aliphatic carbocycles. The van der Waals surface area contributed by atoms with Crippen molar-refractivity contribution in [2.75, 3.05) is 0 Å². The van der Waals surface area contributed by atoms with E-state index in [0.717, 1.165) is 23.3 Å². The van der Waals surface area contributed by atoms with Gasteiger partial charge in [-0.2, -0.15) is 0 Å². The van der Waals surface area contributed by atoms with E-state index in [1.54, 1.807) is 11.3 Å². The largest absolute Gasteiger partial charge is 0.486 e. The van der Waals surface area contributed by atoms with Crippen molar-refractivity contribution < 1.29 is 4.74 Å². The Hall–Kier alpha value is -1.39. The van der Waals surface area contributed by atoms with Gasteiger partial charge < -0.3 is 10.1 Å². The van der Waals surface area contributed by atoms with Crippen molar-refractivity contribution in [3.8, 4) is 5.75 Å². The minimum atomic E-state index is 0.553. The molecule has 3 nitrogen and oxygen atoms in total. The first-order valence-corrected chi connectivity index (χ1v) is 7.48. The first kappa shape index (κ1) is 12.6. The van der Waals surface area contributed by atoms with Crippen LogP contribution in [0.25, 0.3) is 0 Å². The summed E-state index contributed by atoms with van der Waals surface area (Å²) < 4.78 is 5.75. The molecule has 19 heavy (non-hydrogen) atoms. The number of rotatable bonds is 6. The van der Waals surface area contributed by atoms with Gasteiger partial charge in [-0.3, -0.25) is 0 Å². The number of nitrogens with one attached hydrogen (secondary N) is 1. The summed E-state index contributed by atoms with van der Waals surface area (Å²) in [4.78, 5) is 5.69. The van der Waals surface area contributed by atoms with E-state index in [4.69, 9.17) is 4.74 Å². The molecule has 1 aliphatic rings. The third kappa shape index (κ3) is 3.78. The van der Waals surface area contributed by atoms with Gasteiger partial charge in [0.1, 0.15) is 17.4 Å². The number of benzene rings is 1. The van der Waals surface area contributed by atoms with E-state index in [9.17, 15) is 0 Å². The van der Waals surface area contributed by atoms with E-state index >= 15 is 0 Å². The summed E-state index contributed by atoms with van der Waals surface area (Å²) in [6.45, 7) is 3.56. The molecule has 4 heteroatoms. The molecule has 0 aliphatic heterocycles. The number of aromatic nitrogens is 1. The Kier molecular flexibility index (Phi) is 3.80. The van der Waals surface area contributed by atoms with Gasteiger partial charge in [-0.05, 0) is 37.5 Å². The molecule has 0 saturated heterocycles. The Morgan fingerprint density at radius 1 is 1.42 bits per heavy atom. The first-order chi connectivity index (χ1) is 9.29. The van der Waals surface area contributed by atoms with Gasteiger partial charge in [0, 0.05) is 23.7 Å². The fraction of sp³-hybridized carbons (Fsp3) is 0.400. The molecule has 0 spiro atoms. The van der Waals surface area contributed by atoms with Crippen molar-refractivity contribution in [1.29, 1.82) is 0 Å². The molecule has 1 aromatic carbocycles. The molecule has 1 aromatic heterocycles. The number of nitrogens with zero attached hydrogens (tertiary/aromatic N) is 1. The second-order valence-corrected chi connectivity index (χ2v) is 6.18. The molecule has 3 rings (SSSR count). The molecule has 0 atom stereocenters. The highest BCUT2D eigenvalue weighted by Gasteiger charge is 2.20. The van der Waals surface area contributed by atoms with E-state index < -0.39 is 0 Å². The van der Waals surface area contributed by atoms with Gasteiger partial charge in [-0.25, -0.2) is 4.98 Å². The quantitative estimate of drug-likeness (QED) is 0.877. The maximum absolute atomic E-state index is 5.75. The number of ether oxygens (including phenoxy) is 1. The summed E-state index contributed by atoms with van der Waals surface area (Å²) in [7, 11) is 0. The fourth-order valence-corrected chi connectivity index (χ4v) is 2.67. The van der Waals surface area contributed by atoms with Gasteiger partial charge in [0.25, 0.3) is 0 Å². The van der Waals surface area contributed by atoms with Crippen molar-refractivity contribution in [2.24, 2.45) is 0 Å². The summed E-state index contributed by atoms with van der Waals surface area (Å²) in [5.74, 6) is 0.910. The van der Waals surface area contributed by atoms with Crippen LogP contribution in [0.15, 0.2) is 30.5 Å². The Morgan fingerprint density at radius 3 is 3.11 bits per heavy atom. The van der Waals surface area contributed by atoms with Gasteiger partial charge in [0.2, 0.25) is 0 Å². The van der Waals surface area contributed by atoms with Gasteiger partial charge in [0.15, 0.2) is 0 Å². The molecule has 1 fully saturated rings. The van der Waals surface area contributed by atoms with Crippen LogP contribution in [0, 0.1) is 6.92 Å². The van der Waals surface area contributed by atoms with Crippen LogP contribution in [0.2, 0.25) is 0 Å². The summed E-state index contributed by atoms with van der Waals surface area (Å²) >= 11 is 1.73. The standard InChI is InChI=1S/C15H18N2OS/c1-11-3-2-4-13(7-11)18-10-15-17-9-14(19-15)8-16-12-5-6-12/h2-4,7,9,12,16H,5-6,8,10H2,1H3. The zero-order valence-corrected chi connectivity index (χ0v) is 11.9. The number of hydrogen-bond acceptors (Lipinski definition) is 4. The van der Waals surface area contributed by atoms with Crippen molar-refractivity contribution >= 4 is 11.3 Å². The molecular weight excluding hydrogens is 256 g/mol. The maximum Gasteiger partial charge on any atom is 0.140 e. The van der Waals surface area contributed by atoms with Gasteiger partial charge >= 0.3 is 0 Å². The van der Waals surface area contributed by atoms with Crippen molar-refractivity contribution in [1.82, 2.24) is 10.3 Å². The first-order valence-electron chi connectivity index (χ1n) is 6.66. The van der Waals surface area contributed by atoms with Crippen molar-refractivity contribution in [2.45, 2.75) is 39.0 Å². The van der Waals surface area contributed by atoms with E-state index in [1.165, 1.54) is 23.3 Å². The van der Waals surface area contributed by atoms with Crippen LogP contribution in [0.3, 0.4) is 0 Å². The number of thiazole rings is 1. The highest BCUT2D eigenvalue weighted by atomic mass is 32.1. The summed E-state index contributed by atoms with van der Waals surface area (Å²) in [6.07, 6.45) is 4.60. The second-order valence-electron chi connectivity index (χ2n) is 4.98. The average Bonchev–Trinajstić information content (AvgIpc) is 3.13. The van der Waals surface area contributed by atoms with E-state index in [1.807, 2.05) is 24.4 Å². The zero-order chi connectivity index (χ0) is 13.1. The third-order valence-corrected chi connectivity index (χ3v) is 4.07. The second kappa shape index (κ2) is 5.72. The normalized spacial score (nSPS) is 14.6. The van der Waals surface area contributed by atoms with Crippen LogP contribution in [0.5, 0.6) is 5.75 Å². The Balaban J connectivity index is 1.51. The fourth-order valence-electron chi connectivity index (χ4n) is 1.88. The highest BCUT2D eigenvalue weighted by Crippen LogP contribution is 2.21. The monoisotopic (exact) mass is 274 g/mol. The number of aryl methyl sites for hydroxylation is 1. The molecule has 1 N–H and O–H groups in total. The molecule has 0 bridgehead atoms. The lowest BCUT2D eigenvalue weighted by atomic mass is 10.2. The summed E-state index contributed by atoms with van der Waals surface area (Å²) in [5, 5.41) is 4.53. The van der Waals surface area contributed by atoms with Gasteiger partial charge in [-0.1, -0.05) is 12.1 Å². The molecule has 0 unspecified atom stereocenters. The van der Waals surface area contributed by atoms with Gasteiger partial charge in [0.05, 0.1) is 0 Å². The van der Waals surface area contributed by atoms with E-state index in [2.05, 4.69) is 23.3 Å². The van der Waals surface area contributed by atoms with E-state index in [-0.39, 0.29) is 0 Å². The Bertz CT molecular complexity index is 549. The predicted octanol–water partition coefficient (Wildman–Crippen LogP) is 3.28. The predicted molar refractivity (Wildman–Crippen MR) is 77.5 cm³/mol. The lowest BCUT2D eigenvalue weighted by molar-refractivity contribution is 0.305. The summed E-state index contributed by atoms with van der Waals surface area (Å²) in [5.41, 5.74) is 1.21. The Morgan fingerprint density at radius 2 is 2.32 bits per heavy atom. The SMILES string of the molecule is Cc1cccc(OCc2ncc(CNC3CC3)s2)c1. The summed E-state index contributed by atoms with van der Waals surface area (Å²) in [6, 6.07) is 8.85. The average molecular weight is 274 g/mol. The molecular formula is C15H18N2OS. The van der Waals surface area contributed by atoms with Crippen molar-refractivity contribution in [3.05, 3.63) is 45.9 Å². The molecule has 1 heterocycles. The zero-order valence-electron chi connectivity index (χ0n) is 11.1. The number of hydrogen-bond donors (Lipinski definition) is 1. The van der Waals surface area contributed by atoms with Gasteiger partial charge in [-0.15, -0.1) is 11.3 Å². The van der Waals surface area contributed by atoms with Crippen LogP contribution in [0.4, 0.5) is 0 Å². The topological polar surface area (TPSA) is 34.1 Å². The van der Waals surface area contributed by atoms with Crippen LogP contribution in [-0.2, 0) is 13.2 Å². The molecule has 1 saturated carbocycles. The van der Waals surface area contributed by atoms with Crippen LogP contribution in [-0.4, -0.2) is 11.0 Å². The van der Waals surface area contributed by atoms with E-state index in [0.29, 0.717) is 6.61 Å².